The van der Waals surface area contributed by atoms with E-state index in [0.29, 0.717) is 12.0 Å². The predicted octanol–water partition coefficient (Wildman–Crippen LogP) is 2.82. The number of rotatable bonds is 5. The molecule has 1 saturated heterocycles. The van der Waals surface area contributed by atoms with Gasteiger partial charge in [-0.05, 0) is 31.0 Å². The Kier molecular flexibility index (Phi) is 4.74. The van der Waals surface area contributed by atoms with Gasteiger partial charge in [0.25, 0.3) is 0 Å². The lowest BCUT2D eigenvalue weighted by Crippen LogP contribution is -2.51. The van der Waals surface area contributed by atoms with Crippen molar-refractivity contribution < 1.29 is 9.47 Å². The van der Waals surface area contributed by atoms with Crippen LogP contribution in [0.4, 0.5) is 5.82 Å². The number of fused-ring (bicyclic) bond motifs is 1. The highest BCUT2D eigenvalue weighted by atomic mass is 16.5. The van der Waals surface area contributed by atoms with E-state index in [9.17, 15) is 0 Å². The van der Waals surface area contributed by atoms with Crippen LogP contribution in [-0.4, -0.2) is 44.4 Å². The van der Waals surface area contributed by atoms with Crippen molar-refractivity contribution in [2.45, 2.75) is 24.8 Å². The van der Waals surface area contributed by atoms with E-state index < -0.39 is 0 Å². The number of nitrogens with zero attached hydrogens (tertiary/aromatic N) is 2. The Morgan fingerprint density at radius 2 is 2.16 bits per heavy atom. The molecule has 1 aromatic heterocycles. The second kappa shape index (κ2) is 7.31. The molecule has 25 heavy (non-hydrogen) atoms. The van der Waals surface area contributed by atoms with Crippen LogP contribution in [0.2, 0.25) is 0 Å². The van der Waals surface area contributed by atoms with Crippen LogP contribution in [0.25, 0.3) is 0 Å². The summed E-state index contributed by atoms with van der Waals surface area (Å²) in [4.78, 5) is 6.86. The monoisotopic (exact) mass is 339 g/mol. The molecule has 2 aliphatic heterocycles. The van der Waals surface area contributed by atoms with Gasteiger partial charge < -0.3 is 19.7 Å². The van der Waals surface area contributed by atoms with Crippen molar-refractivity contribution in [2.75, 3.05) is 38.3 Å². The zero-order valence-electron chi connectivity index (χ0n) is 14.6. The fraction of sp³-hybridized carbons (Fsp3) is 0.450. The topological polar surface area (TPSA) is 46.6 Å². The van der Waals surface area contributed by atoms with E-state index in [1.807, 2.05) is 24.4 Å². The maximum Gasteiger partial charge on any atom is 0.171 e. The Morgan fingerprint density at radius 1 is 1.24 bits per heavy atom. The smallest absolute Gasteiger partial charge is 0.171 e. The minimum atomic E-state index is 0.466. The zero-order chi connectivity index (χ0) is 17.1. The van der Waals surface area contributed by atoms with Gasteiger partial charge >= 0.3 is 0 Å². The molecule has 2 unspecified atom stereocenters. The molecule has 132 valence electrons. The Morgan fingerprint density at radius 3 is 3.08 bits per heavy atom. The summed E-state index contributed by atoms with van der Waals surface area (Å²) in [5.41, 5.74) is 1.36. The maximum atomic E-state index is 5.81. The highest BCUT2D eigenvalue weighted by Crippen LogP contribution is 2.36. The van der Waals surface area contributed by atoms with E-state index in [0.717, 1.165) is 56.4 Å². The third kappa shape index (κ3) is 3.42. The number of benzene rings is 1. The van der Waals surface area contributed by atoms with E-state index in [4.69, 9.17) is 9.47 Å². The molecule has 1 N–H and O–H groups in total. The molecule has 0 amide bonds. The molecule has 0 spiro atoms. The number of nitrogens with one attached hydrogen (secondary N) is 1. The first-order valence-corrected chi connectivity index (χ1v) is 9.04. The van der Waals surface area contributed by atoms with Crippen molar-refractivity contribution in [2.24, 2.45) is 0 Å². The summed E-state index contributed by atoms with van der Waals surface area (Å²) in [6, 6.07) is 12.8. The minimum Gasteiger partial charge on any atom is -0.493 e. The van der Waals surface area contributed by atoms with Gasteiger partial charge in [0, 0.05) is 43.4 Å². The SMILES string of the molecule is COc1cccnc1N1CCNC(CCC2COc3ccccc32)C1. The number of methoxy groups -OCH3 is 1. The van der Waals surface area contributed by atoms with Crippen molar-refractivity contribution in [3.63, 3.8) is 0 Å². The predicted molar refractivity (Wildman–Crippen MR) is 98.7 cm³/mol. The normalized spacial score (nSPS) is 22.4. The van der Waals surface area contributed by atoms with Crippen LogP contribution in [0.3, 0.4) is 0 Å². The average molecular weight is 339 g/mol. The summed E-state index contributed by atoms with van der Waals surface area (Å²) in [6.45, 7) is 3.70. The first-order chi connectivity index (χ1) is 12.3. The summed E-state index contributed by atoms with van der Waals surface area (Å²) in [7, 11) is 1.71. The summed E-state index contributed by atoms with van der Waals surface area (Å²) in [5.74, 6) is 3.37. The molecule has 0 aliphatic carbocycles. The number of piperazine rings is 1. The highest BCUT2D eigenvalue weighted by molar-refractivity contribution is 5.52. The first kappa shape index (κ1) is 16.2. The van der Waals surface area contributed by atoms with Gasteiger partial charge in [0.15, 0.2) is 11.6 Å². The van der Waals surface area contributed by atoms with Crippen molar-refractivity contribution in [1.29, 1.82) is 0 Å². The van der Waals surface area contributed by atoms with Gasteiger partial charge in [-0.3, -0.25) is 0 Å². The van der Waals surface area contributed by atoms with E-state index in [1.165, 1.54) is 5.56 Å². The third-order valence-electron chi connectivity index (χ3n) is 5.19. The van der Waals surface area contributed by atoms with Gasteiger partial charge in [-0.15, -0.1) is 0 Å². The molecule has 1 fully saturated rings. The van der Waals surface area contributed by atoms with Gasteiger partial charge in [-0.25, -0.2) is 4.98 Å². The van der Waals surface area contributed by atoms with Crippen LogP contribution in [0.15, 0.2) is 42.6 Å². The fourth-order valence-corrected chi connectivity index (χ4v) is 3.86. The molecule has 0 bridgehead atoms. The molecule has 2 atom stereocenters. The molecular formula is C20H25N3O2. The lowest BCUT2D eigenvalue weighted by atomic mass is 9.93. The molecular weight excluding hydrogens is 314 g/mol. The van der Waals surface area contributed by atoms with E-state index in [1.54, 1.807) is 7.11 Å². The van der Waals surface area contributed by atoms with Crippen LogP contribution in [0.5, 0.6) is 11.5 Å². The second-order valence-electron chi connectivity index (χ2n) is 6.75. The van der Waals surface area contributed by atoms with Crippen molar-refractivity contribution in [3.8, 4) is 11.5 Å². The van der Waals surface area contributed by atoms with Crippen molar-refractivity contribution in [3.05, 3.63) is 48.2 Å². The first-order valence-electron chi connectivity index (χ1n) is 9.04. The number of ether oxygens (including phenoxy) is 2. The van der Waals surface area contributed by atoms with E-state index in [-0.39, 0.29) is 0 Å². The van der Waals surface area contributed by atoms with Gasteiger partial charge in [0.05, 0.1) is 13.7 Å². The zero-order valence-corrected chi connectivity index (χ0v) is 14.6. The Bertz CT molecular complexity index is 722. The molecule has 2 aromatic rings. The lowest BCUT2D eigenvalue weighted by Gasteiger charge is -2.35. The molecule has 0 saturated carbocycles. The quantitative estimate of drug-likeness (QED) is 0.908. The van der Waals surface area contributed by atoms with Gasteiger partial charge in [-0.2, -0.15) is 0 Å². The number of pyridine rings is 1. The number of hydrogen-bond acceptors (Lipinski definition) is 5. The van der Waals surface area contributed by atoms with Crippen LogP contribution < -0.4 is 19.7 Å². The van der Waals surface area contributed by atoms with Gasteiger partial charge in [0.2, 0.25) is 0 Å². The van der Waals surface area contributed by atoms with Crippen molar-refractivity contribution in [1.82, 2.24) is 10.3 Å². The standard InChI is InChI=1S/C20H25N3O2/c1-24-19-7-4-10-22-20(19)23-12-11-21-16(13-23)9-8-15-14-25-18-6-3-2-5-17(15)18/h2-7,10,15-16,21H,8-9,11-14H2,1H3. The molecule has 0 radical (unpaired) electrons. The number of hydrogen-bond donors (Lipinski definition) is 1. The minimum absolute atomic E-state index is 0.466. The summed E-state index contributed by atoms with van der Waals surface area (Å²) in [5, 5.41) is 3.65. The van der Waals surface area contributed by atoms with Crippen LogP contribution in [0.1, 0.15) is 24.3 Å². The van der Waals surface area contributed by atoms with E-state index >= 15 is 0 Å². The maximum absolute atomic E-state index is 5.81. The third-order valence-corrected chi connectivity index (χ3v) is 5.19. The molecule has 2 aliphatic rings. The van der Waals surface area contributed by atoms with E-state index in [2.05, 4.69) is 33.4 Å². The molecule has 4 rings (SSSR count). The lowest BCUT2D eigenvalue weighted by molar-refractivity contribution is 0.314. The molecule has 5 nitrogen and oxygen atoms in total. The average Bonchev–Trinajstić information content (AvgIpc) is 3.10. The largest absolute Gasteiger partial charge is 0.493 e. The van der Waals surface area contributed by atoms with Crippen molar-refractivity contribution >= 4 is 5.82 Å². The Labute approximate surface area is 149 Å². The summed E-state index contributed by atoms with van der Waals surface area (Å²) >= 11 is 0. The summed E-state index contributed by atoms with van der Waals surface area (Å²) in [6.07, 6.45) is 4.11. The van der Waals surface area contributed by atoms with Crippen LogP contribution >= 0.6 is 0 Å². The Balaban J connectivity index is 1.38. The highest BCUT2D eigenvalue weighted by Gasteiger charge is 2.27. The number of aromatic nitrogens is 1. The number of para-hydroxylation sites is 1. The molecule has 5 heteroatoms. The molecule has 3 heterocycles. The van der Waals surface area contributed by atoms with Gasteiger partial charge in [0.1, 0.15) is 5.75 Å². The Hall–Kier alpha value is -2.27. The van der Waals surface area contributed by atoms with Gasteiger partial charge in [-0.1, -0.05) is 18.2 Å². The second-order valence-corrected chi connectivity index (χ2v) is 6.75. The van der Waals surface area contributed by atoms with Crippen LogP contribution in [-0.2, 0) is 0 Å². The number of anilines is 1. The molecule has 1 aromatic carbocycles. The van der Waals surface area contributed by atoms with Crippen LogP contribution in [0, 0.1) is 0 Å². The fourth-order valence-electron chi connectivity index (χ4n) is 3.86. The summed E-state index contributed by atoms with van der Waals surface area (Å²) < 4.78 is 11.3.